The van der Waals surface area contributed by atoms with Crippen LogP contribution in [0.1, 0.15) is 28.3 Å². The fraction of sp³-hybridized carbons (Fsp3) is 0.400. The van der Waals surface area contributed by atoms with Crippen LogP contribution in [0.5, 0.6) is 0 Å². The fourth-order valence-corrected chi connectivity index (χ4v) is 3.18. The molecule has 27 heavy (non-hydrogen) atoms. The number of nitrogens with zero attached hydrogens (tertiary/aromatic N) is 2. The van der Waals surface area contributed by atoms with Gasteiger partial charge in [0.05, 0.1) is 19.8 Å². The van der Waals surface area contributed by atoms with E-state index in [0.29, 0.717) is 24.8 Å². The Bertz CT molecular complexity index is 773. The molecule has 0 aliphatic carbocycles. The third kappa shape index (κ3) is 5.34. The average Bonchev–Trinajstić information content (AvgIpc) is 3.33. The van der Waals surface area contributed by atoms with Gasteiger partial charge >= 0.3 is 0 Å². The average molecular weight is 370 g/mol. The van der Waals surface area contributed by atoms with Crippen LogP contribution in [0.2, 0.25) is 0 Å². The van der Waals surface area contributed by atoms with Crippen LogP contribution in [0, 0.1) is 5.92 Å². The van der Waals surface area contributed by atoms with Crippen LogP contribution in [0.4, 0.5) is 0 Å². The molecule has 7 heteroatoms. The number of rotatable bonds is 7. The number of aliphatic imine (C=N–C) groups is 1. The standard InChI is InChI=1S/C20H26N4O3/c1-22-20(23-11-17-7-8-18(27-17)19(21)25)24-10-9-16(12-24)14-26-13-15-5-3-2-4-6-15/h2-8,16H,9-14H2,1H3,(H2,21,25)(H,22,23). The van der Waals surface area contributed by atoms with Gasteiger partial charge in [-0.1, -0.05) is 30.3 Å². The molecule has 1 aliphatic rings. The molecule has 1 amide bonds. The smallest absolute Gasteiger partial charge is 0.284 e. The van der Waals surface area contributed by atoms with Crippen molar-refractivity contribution >= 4 is 11.9 Å². The van der Waals surface area contributed by atoms with E-state index in [1.54, 1.807) is 19.2 Å². The third-order valence-corrected chi connectivity index (χ3v) is 4.59. The summed E-state index contributed by atoms with van der Waals surface area (Å²) < 4.78 is 11.3. The van der Waals surface area contributed by atoms with Crippen LogP contribution in [0.3, 0.4) is 0 Å². The number of likely N-dealkylation sites (tertiary alicyclic amines) is 1. The number of nitrogens with two attached hydrogens (primary N) is 1. The number of furan rings is 1. The van der Waals surface area contributed by atoms with E-state index in [9.17, 15) is 4.79 Å². The quantitative estimate of drug-likeness (QED) is 0.574. The van der Waals surface area contributed by atoms with Gasteiger partial charge in [-0.2, -0.15) is 0 Å². The van der Waals surface area contributed by atoms with Crippen molar-refractivity contribution in [2.75, 3.05) is 26.7 Å². The summed E-state index contributed by atoms with van der Waals surface area (Å²) >= 11 is 0. The summed E-state index contributed by atoms with van der Waals surface area (Å²) in [6.07, 6.45) is 1.07. The first-order chi connectivity index (χ1) is 13.2. The lowest BCUT2D eigenvalue weighted by molar-refractivity contribution is 0.0906. The molecule has 1 aromatic carbocycles. The largest absolute Gasteiger partial charge is 0.454 e. The van der Waals surface area contributed by atoms with Crippen LogP contribution < -0.4 is 11.1 Å². The number of carbonyl (C=O) groups excluding carboxylic acids is 1. The maximum absolute atomic E-state index is 11.1. The zero-order valence-electron chi connectivity index (χ0n) is 15.6. The first kappa shape index (κ1) is 19.0. The van der Waals surface area contributed by atoms with Gasteiger partial charge < -0.3 is 25.1 Å². The molecule has 1 fully saturated rings. The second-order valence-corrected chi connectivity index (χ2v) is 6.63. The minimum Gasteiger partial charge on any atom is -0.454 e. The van der Waals surface area contributed by atoms with E-state index in [0.717, 1.165) is 32.1 Å². The third-order valence-electron chi connectivity index (χ3n) is 4.59. The number of ether oxygens (including phenoxy) is 1. The molecule has 1 aromatic heterocycles. The topological polar surface area (TPSA) is 93.1 Å². The summed E-state index contributed by atoms with van der Waals surface area (Å²) in [6.45, 7) is 3.67. The van der Waals surface area contributed by atoms with Gasteiger partial charge in [0.25, 0.3) is 5.91 Å². The highest BCUT2D eigenvalue weighted by Gasteiger charge is 2.25. The highest BCUT2D eigenvalue weighted by atomic mass is 16.5. The molecule has 3 N–H and O–H groups in total. The minimum atomic E-state index is -0.566. The summed E-state index contributed by atoms with van der Waals surface area (Å²) in [6, 6.07) is 13.5. The first-order valence-electron chi connectivity index (χ1n) is 9.11. The molecular weight excluding hydrogens is 344 g/mol. The molecule has 0 spiro atoms. The van der Waals surface area contributed by atoms with Crippen molar-refractivity contribution in [1.82, 2.24) is 10.2 Å². The predicted octanol–water partition coefficient (Wildman–Crippen LogP) is 1.99. The van der Waals surface area contributed by atoms with Gasteiger partial charge in [0.2, 0.25) is 0 Å². The molecule has 0 bridgehead atoms. The number of primary amides is 1. The Balaban J connectivity index is 1.42. The molecule has 0 saturated carbocycles. The van der Waals surface area contributed by atoms with Crippen molar-refractivity contribution in [3.05, 3.63) is 59.5 Å². The normalized spacial score (nSPS) is 17.3. The molecule has 2 heterocycles. The van der Waals surface area contributed by atoms with Gasteiger partial charge in [0.15, 0.2) is 11.7 Å². The Morgan fingerprint density at radius 1 is 1.33 bits per heavy atom. The first-order valence-corrected chi connectivity index (χ1v) is 9.11. The highest BCUT2D eigenvalue weighted by molar-refractivity contribution is 5.89. The molecule has 7 nitrogen and oxygen atoms in total. The molecule has 1 aliphatic heterocycles. The zero-order chi connectivity index (χ0) is 19.1. The van der Waals surface area contributed by atoms with Gasteiger partial charge in [-0.25, -0.2) is 0 Å². The number of hydrogen-bond acceptors (Lipinski definition) is 4. The molecule has 1 saturated heterocycles. The summed E-state index contributed by atoms with van der Waals surface area (Å²) in [5.41, 5.74) is 6.40. The molecule has 0 radical (unpaired) electrons. The summed E-state index contributed by atoms with van der Waals surface area (Å²) in [4.78, 5) is 17.7. The van der Waals surface area contributed by atoms with Crippen molar-refractivity contribution in [1.29, 1.82) is 0 Å². The molecule has 1 unspecified atom stereocenters. The van der Waals surface area contributed by atoms with Crippen molar-refractivity contribution in [3.8, 4) is 0 Å². The number of guanidine groups is 1. The van der Waals surface area contributed by atoms with Crippen molar-refractivity contribution in [3.63, 3.8) is 0 Å². The van der Waals surface area contributed by atoms with E-state index in [-0.39, 0.29) is 5.76 Å². The van der Waals surface area contributed by atoms with Gasteiger partial charge in [0.1, 0.15) is 5.76 Å². The number of nitrogens with one attached hydrogen (secondary N) is 1. The van der Waals surface area contributed by atoms with Crippen LogP contribution >= 0.6 is 0 Å². The maximum Gasteiger partial charge on any atom is 0.284 e. The number of amides is 1. The number of benzene rings is 1. The number of carbonyl (C=O) groups is 1. The second-order valence-electron chi connectivity index (χ2n) is 6.63. The van der Waals surface area contributed by atoms with Crippen molar-refractivity contribution in [2.24, 2.45) is 16.6 Å². The Morgan fingerprint density at radius 2 is 2.15 bits per heavy atom. The summed E-state index contributed by atoms with van der Waals surface area (Å²) in [5, 5.41) is 3.27. The zero-order valence-corrected chi connectivity index (χ0v) is 15.6. The maximum atomic E-state index is 11.1. The Morgan fingerprint density at radius 3 is 2.85 bits per heavy atom. The summed E-state index contributed by atoms with van der Waals surface area (Å²) in [5.74, 6) is 1.55. The van der Waals surface area contributed by atoms with E-state index in [1.807, 2.05) is 18.2 Å². The van der Waals surface area contributed by atoms with Crippen molar-refractivity contribution in [2.45, 2.75) is 19.6 Å². The minimum absolute atomic E-state index is 0.165. The van der Waals surface area contributed by atoms with Gasteiger partial charge in [-0.3, -0.25) is 9.79 Å². The van der Waals surface area contributed by atoms with Crippen LogP contribution in [-0.2, 0) is 17.9 Å². The van der Waals surface area contributed by atoms with E-state index in [1.165, 1.54) is 5.56 Å². The SMILES string of the molecule is CN=C(NCc1ccc(C(N)=O)o1)N1CCC(COCc2ccccc2)C1. The Hall–Kier alpha value is -2.80. The number of hydrogen-bond donors (Lipinski definition) is 2. The fourth-order valence-electron chi connectivity index (χ4n) is 3.18. The van der Waals surface area contributed by atoms with E-state index in [4.69, 9.17) is 14.9 Å². The lowest BCUT2D eigenvalue weighted by Gasteiger charge is -2.21. The lowest BCUT2D eigenvalue weighted by Crippen LogP contribution is -2.39. The second kappa shape index (κ2) is 9.23. The lowest BCUT2D eigenvalue weighted by atomic mass is 10.1. The van der Waals surface area contributed by atoms with Crippen LogP contribution in [0.25, 0.3) is 0 Å². The van der Waals surface area contributed by atoms with E-state index >= 15 is 0 Å². The monoisotopic (exact) mass is 370 g/mol. The molecule has 2 aromatic rings. The molecule has 3 rings (SSSR count). The Labute approximate surface area is 159 Å². The van der Waals surface area contributed by atoms with Crippen LogP contribution in [0.15, 0.2) is 51.9 Å². The van der Waals surface area contributed by atoms with E-state index in [2.05, 4.69) is 27.3 Å². The van der Waals surface area contributed by atoms with Crippen molar-refractivity contribution < 1.29 is 13.9 Å². The highest BCUT2D eigenvalue weighted by Crippen LogP contribution is 2.17. The summed E-state index contributed by atoms with van der Waals surface area (Å²) in [7, 11) is 1.76. The molecule has 1 atom stereocenters. The Kier molecular flexibility index (Phi) is 6.49. The molecule has 144 valence electrons. The van der Waals surface area contributed by atoms with Gasteiger partial charge in [-0.05, 0) is 24.1 Å². The van der Waals surface area contributed by atoms with Gasteiger partial charge in [-0.15, -0.1) is 0 Å². The predicted molar refractivity (Wildman–Crippen MR) is 103 cm³/mol. The van der Waals surface area contributed by atoms with Gasteiger partial charge in [0, 0.05) is 26.1 Å². The van der Waals surface area contributed by atoms with E-state index < -0.39 is 5.91 Å². The molecular formula is C20H26N4O3. The van der Waals surface area contributed by atoms with Crippen LogP contribution in [-0.4, -0.2) is 43.5 Å².